The maximum atomic E-state index is 5.54. The lowest BCUT2D eigenvalue weighted by atomic mass is 10.1. The third-order valence-electron chi connectivity index (χ3n) is 2.85. The van der Waals surface area contributed by atoms with Crippen LogP contribution < -0.4 is 10.2 Å². The van der Waals surface area contributed by atoms with Gasteiger partial charge in [0.15, 0.2) is 0 Å². The summed E-state index contributed by atoms with van der Waals surface area (Å²) < 4.78 is 11.0. The van der Waals surface area contributed by atoms with E-state index in [4.69, 9.17) is 9.15 Å². The normalized spacial score (nSPS) is 21.3. The van der Waals surface area contributed by atoms with Crippen molar-refractivity contribution < 1.29 is 9.15 Å². The fourth-order valence-corrected chi connectivity index (χ4v) is 1.87. The van der Waals surface area contributed by atoms with Crippen molar-refractivity contribution >= 4 is 6.01 Å². The highest BCUT2D eigenvalue weighted by atomic mass is 16.5. The van der Waals surface area contributed by atoms with Gasteiger partial charge >= 0.3 is 0 Å². The SMILES string of the molecule is CC1CN(c2nc(CNC(C)(C)C)co2)CCO1. The lowest BCUT2D eigenvalue weighted by Gasteiger charge is -2.29. The van der Waals surface area contributed by atoms with E-state index in [1.165, 1.54) is 0 Å². The molecule has 0 radical (unpaired) electrons. The lowest BCUT2D eigenvalue weighted by Crippen LogP contribution is -2.41. The summed E-state index contributed by atoms with van der Waals surface area (Å²) in [6, 6.07) is 0.704. The molecule has 5 nitrogen and oxygen atoms in total. The second kappa shape index (κ2) is 5.28. The number of morpholine rings is 1. The summed E-state index contributed by atoms with van der Waals surface area (Å²) in [5, 5.41) is 3.40. The van der Waals surface area contributed by atoms with E-state index < -0.39 is 0 Å². The van der Waals surface area contributed by atoms with Crippen molar-refractivity contribution in [1.29, 1.82) is 0 Å². The summed E-state index contributed by atoms with van der Waals surface area (Å²) in [5.41, 5.74) is 1.03. The number of nitrogens with zero attached hydrogens (tertiary/aromatic N) is 2. The Hall–Kier alpha value is -1.07. The van der Waals surface area contributed by atoms with Crippen LogP contribution in [0.25, 0.3) is 0 Å². The van der Waals surface area contributed by atoms with E-state index in [2.05, 4.69) is 42.9 Å². The number of hydrogen-bond acceptors (Lipinski definition) is 5. The van der Waals surface area contributed by atoms with E-state index in [9.17, 15) is 0 Å². The van der Waals surface area contributed by atoms with Gasteiger partial charge < -0.3 is 19.4 Å². The first-order valence-corrected chi connectivity index (χ1v) is 6.50. The zero-order chi connectivity index (χ0) is 13.2. The molecule has 1 aliphatic heterocycles. The highest BCUT2D eigenvalue weighted by molar-refractivity contribution is 5.27. The Morgan fingerprint density at radius 2 is 2.28 bits per heavy atom. The van der Waals surface area contributed by atoms with Crippen LogP contribution in [0, 0.1) is 0 Å². The summed E-state index contributed by atoms with van der Waals surface area (Å²) in [6.07, 6.45) is 1.97. The minimum atomic E-state index is 0.0899. The average molecular weight is 253 g/mol. The molecule has 0 saturated carbocycles. The Kier molecular flexibility index (Phi) is 3.92. The van der Waals surface area contributed by atoms with Gasteiger partial charge in [-0.25, -0.2) is 0 Å². The molecule has 18 heavy (non-hydrogen) atoms. The van der Waals surface area contributed by atoms with E-state index in [0.717, 1.165) is 31.9 Å². The predicted octanol–water partition coefficient (Wildman–Crippen LogP) is 1.79. The van der Waals surface area contributed by atoms with Crippen LogP contribution in [-0.4, -0.2) is 36.3 Å². The molecule has 0 spiro atoms. The van der Waals surface area contributed by atoms with Crippen molar-refractivity contribution in [3.8, 4) is 0 Å². The van der Waals surface area contributed by atoms with Crippen molar-refractivity contribution in [3.63, 3.8) is 0 Å². The van der Waals surface area contributed by atoms with Crippen LogP contribution in [0.1, 0.15) is 33.4 Å². The van der Waals surface area contributed by atoms with Crippen LogP contribution in [0.2, 0.25) is 0 Å². The number of anilines is 1. The van der Waals surface area contributed by atoms with Gasteiger partial charge in [-0.15, -0.1) is 0 Å². The van der Waals surface area contributed by atoms with Crippen molar-refractivity contribution in [3.05, 3.63) is 12.0 Å². The predicted molar refractivity (Wildman–Crippen MR) is 70.7 cm³/mol. The van der Waals surface area contributed by atoms with Crippen LogP contribution in [0.5, 0.6) is 0 Å². The molecule has 1 aliphatic rings. The molecule has 1 aromatic rings. The van der Waals surface area contributed by atoms with Crippen molar-refractivity contribution in [2.45, 2.75) is 45.9 Å². The highest BCUT2D eigenvalue weighted by Gasteiger charge is 2.21. The standard InChI is InChI=1S/C13H23N3O2/c1-10-8-16(5-6-17-10)12-15-11(9-18-12)7-14-13(2,3)4/h9-10,14H,5-8H2,1-4H3. The van der Waals surface area contributed by atoms with Gasteiger partial charge in [0.05, 0.1) is 18.4 Å². The van der Waals surface area contributed by atoms with E-state index in [0.29, 0.717) is 6.01 Å². The Balaban J connectivity index is 1.93. The number of aromatic nitrogens is 1. The van der Waals surface area contributed by atoms with Crippen LogP contribution in [0.4, 0.5) is 6.01 Å². The number of nitrogens with one attached hydrogen (secondary N) is 1. The zero-order valence-electron chi connectivity index (χ0n) is 11.7. The second-order valence-corrected chi connectivity index (χ2v) is 5.85. The van der Waals surface area contributed by atoms with E-state index in [1.807, 2.05) is 0 Å². The van der Waals surface area contributed by atoms with Gasteiger partial charge in [0.1, 0.15) is 6.26 Å². The van der Waals surface area contributed by atoms with Crippen LogP contribution >= 0.6 is 0 Å². The molecular weight excluding hydrogens is 230 g/mol. The van der Waals surface area contributed by atoms with E-state index in [1.54, 1.807) is 6.26 Å². The Morgan fingerprint density at radius 3 is 2.94 bits per heavy atom. The first-order chi connectivity index (χ1) is 8.44. The Bertz CT molecular complexity index is 384. The van der Waals surface area contributed by atoms with Gasteiger partial charge in [0, 0.05) is 25.2 Å². The third-order valence-corrected chi connectivity index (χ3v) is 2.85. The van der Waals surface area contributed by atoms with E-state index >= 15 is 0 Å². The molecule has 1 saturated heterocycles. The maximum absolute atomic E-state index is 5.54. The monoisotopic (exact) mass is 253 g/mol. The van der Waals surface area contributed by atoms with Crippen LogP contribution in [-0.2, 0) is 11.3 Å². The molecule has 1 N–H and O–H groups in total. The number of oxazole rings is 1. The first-order valence-electron chi connectivity index (χ1n) is 6.50. The summed E-state index contributed by atoms with van der Waals surface area (Å²) >= 11 is 0. The smallest absolute Gasteiger partial charge is 0.297 e. The molecule has 0 bridgehead atoms. The third kappa shape index (κ3) is 3.71. The quantitative estimate of drug-likeness (QED) is 0.890. The molecular formula is C13H23N3O2. The van der Waals surface area contributed by atoms with Gasteiger partial charge in [0.25, 0.3) is 6.01 Å². The minimum absolute atomic E-state index is 0.0899. The molecule has 1 unspecified atom stereocenters. The molecule has 1 atom stereocenters. The largest absolute Gasteiger partial charge is 0.432 e. The Morgan fingerprint density at radius 1 is 1.50 bits per heavy atom. The van der Waals surface area contributed by atoms with Gasteiger partial charge in [-0.2, -0.15) is 4.98 Å². The summed E-state index contributed by atoms with van der Waals surface area (Å²) in [4.78, 5) is 6.65. The molecule has 2 rings (SSSR count). The molecule has 0 aromatic carbocycles. The molecule has 1 fully saturated rings. The number of ether oxygens (including phenoxy) is 1. The average Bonchev–Trinajstić information content (AvgIpc) is 2.74. The van der Waals surface area contributed by atoms with Crippen LogP contribution in [0.3, 0.4) is 0 Å². The number of hydrogen-bond donors (Lipinski definition) is 1. The summed E-state index contributed by atoms with van der Waals surface area (Å²) in [7, 11) is 0. The first kappa shape index (κ1) is 13.4. The van der Waals surface area contributed by atoms with E-state index in [-0.39, 0.29) is 11.6 Å². The van der Waals surface area contributed by atoms with Crippen molar-refractivity contribution in [2.75, 3.05) is 24.6 Å². The highest BCUT2D eigenvalue weighted by Crippen LogP contribution is 2.17. The van der Waals surface area contributed by atoms with Gasteiger partial charge in [-0.05, 0) is 27.7 Å². The molecule has 0 amide bonds. The van der Waals surface area contributed by atoms with Gasteiger partial charge in [0.2, 0.25) is 0 Å². The summed E-state index contributed by atoms with van der Waals surface area (Å²) in [6.45, 7) is 11.6. The van der Waals surface area contributed by atoms with Gasteiger partial charge in [-0.1, -0.05) is 0 Å². The van der Waals surface area contributed by atoms with Gasteiger partial charge in [-0.3, -0.25) is 0 Å². The molecule has 5 heteroatoms. The van der Waals surface area contributed by atoms with Crippen molar-refractivity contribution in [1.82, 2.24) is 10.3 Å². The lowest BCUT2D eigenvalue weighted by molar-refractivity contribution is 0.0514. The zero-order valence-corrected chi connectivity index (χ0v) is 11.7. The molecule has 0 aliphatic carbocycles. The van der Waals surface area contributed by atoms with Crippen molar-refractivity contribution in [2.24, 2.45) is 0 Å². The minimum Gasteiger partial charge on any atom is -0.432 e. The molecule has 102 valence electrons. The number of rotatable bonds is 3. The maximum Gasteiger partial charge on any atom is 0.297 e. The second-order valence-electron chi connectivity index (χ2n) is 5.85. The fourth-order valence-electron chi connectivity index (χ4n) is 1.87. The molecule has 1 aromatic heterocycles. The van der Waals surface area contributed by atoms with Crippen LogP contribution in [0.15, 0.2) is 10.7 Å². The molecule has 2 heterocycles. The Labute approximate surface area is 109 Å². The summed E-state index contributed by atoms with van der Waals surface area (Å²) in [5.74, 6) is 0. The topological polar surface area (TPSA) is 50.5 Å². The fraction of sp³-hybridized carbons (Fsp3) is 0.769.